The molecule has 2 saturated carbocycles. The highest BCUT2D eigenvalue weighted by molar-refractivity contribution is 5.86. The largest absolute Gasteiger partial charge is 0.274 e. The Bertz CT molecular complexity index is 272. The van der Waals surface area contributed by atoms with Crippen LogP contribution in [-0.4, -0.2) is 11.6 Å². The molecule has 2 bridgehead atoms. The van der Waals surface area contributed by atoms with Gasteiger partial charge in [0, 0.05) is 18.6 Å². The lowest BCUT2D eigenvalue weighted by Crippen LogP contribution is -2.23. The summed E-state index contributed by atoms with van der Waals surface area (Å²) < 4.78 is 0. The quantitative estimate of drug-likeness (QED) is 0.529. The summed E-state index contributed by atoms with van der Waals surface area (Å²) in [6.45, 7) is 3.54. The van der Waals surface area contributed by atoms with Gasteiger partial charge in [-0.25, -0.2) is 5.43 Å². The van der Waals surface area contributed by atoms with Crippen LogP contribution in [0.15, 0.2) is 5.10 Å². The number of hydrogen-bond acceptors (Lipinski definition) is 2. The van der Waals surface area contributed by atoms with E-state index in [0.717, 1.165) is 17.5 Å². The van der Waals surface area contributed by atoms with Crippen molar-refractivity contribution >= 4 is 11.6 Å². The Morgan fingerprint density at radius 2 is 2.07 bits per heavy atom. The first-order valence-corrected chi connectivity index (χ1v) is 5.47. The predicted molar refractivity (Wildman–Crippen MR) is 55.9 cm³/mol. The lowest BCUT2D eigenvalue weighted by molar-refractivity contribution is -0.118. The Balaban J connectivity index is 1.95. The minimum absolute atomic E-state index is 0.0764. The fraction of sp³-hybridized carbons (Fsp3) is 0.818. The summed E-state index contributed by atoms with van der Waals surface area (Å²) in [5.41, 5.74) is 3.65. The fourth-order valence-electron chi connectivity index (χ4n) is 3.01. The third-order valence-corrected chi connectivity index (χ3v) is 3.66. The summed E-state index contributed by atoms with van der Waals surface area (Å²) in [5.74, 6) is 2.35. The van der Waals surface area contributed by atoms with Gasteiger partial charge in [0.15, 0.2) is 0 Å². The van der Waals surface area contributed by atoms with Gasteiger partial charge >= 0.3 is 0 Å². The molecule has 1 amide bonds. The van der Waals surface area contributed by atoms with Crippen LogP contribution in [0.4, 0.5) is 0 Å². The second-order valence-electron chi connectivity index (χ2n) is 4.70. The van der Waals surface area contributed by atoms with E-state index in [9.17, 15) is 4.79 Å². The Kier molecular flexibility index (Phi) is 2.57. The zero-order chi connectivity index (χ0) is 10.1. The summed E-state index contributed by atoms with van der Waals surface area (Å²) >= 11 is 0. The zero-order valence-electron chi connectivity index (χ0n) is 8.92. The molecule has 0 spiro atoms. The molecule has 0 aliphatic heterocycles. The predicted octanol–water partition coefficient (Wildman–Crippen LogP) is 1.93. The van der Waals surface area contributed by atoms with E-state index in [1.165, 1.54) is 32.6 Å². The summed E-state index contributed by atoms with van der Waals surface area (Å²) in [7, 11) is 0. The van der Waals surface area contributed by atoms with Gasteiger partial charge in [0.1, 0.15) is 0 Å². The summed E-state index contributed by atoms with van der Waals surface area (Å²) in [5, 5.41) is 4.14. The Morgan fingerprint density at radius 1 is 1.29 bits per heavy atom. The minimum Gasteiger partial charge on any atom is -0.274 e. The van der Waals surface area contributed by atoms with Crippen molar-refractivity contribution in [3.63, 3.8) is 0 Å². The normalized spacial score (nSPS) is 36.1. The molecule has 78 valence electrons. The van der Waals surface area contributed by atoms with Gasteiger partial charge in [-0.2, -0.15) is 5.10 Å². The molecule has 1 N–H and O–H groups in total. The maximum atomic E-state index is 10.7. The van der Waals surface area contributed by atoms with Gasteiger partial charge < -0.3 is 0 Å². The molecule has 0 aromatic carbocycles. The summed E-state index contributed by atoms with van der Waals surface area (Å²) in [4.78, 5) is 10.7. The second-order valence-corrected chi connectivity index (χ2v) is 4.70. The molecule has 0 radical (unpaired) electrons. The SMILES string of the molecule is CC(=O)NN=C(C)[C@H]1C[C@H]2CC[C@H]1C2. The van der Waals surface area contributed by atoms with Crippen LogP contribution in [0.1, 0.15) is 39.5 Å². The van der Waals surface area contributed by atoms with Crippen LogP contribution in [0.3, 0.4) is 0 Å². The first kappa shape index (κ1) is 9.69. The van der Waals surface area contributed by atoms with Crippen molar-refractivity contribution in [3.8, 4) is 0 Å². The van der Waals surface area contributed by atoms with Crippen LogP contribution in [0.5, 0.6) is 0 Å². The smallest absolute Gasteiger partial charge is 0.236 e. The van der Waals surface area contributed by atoms with Gasteiger partial charge in [-0.3, -0.25) is 4.79 Å². The monoisotopic (exact) mass is 194 g/mol. The molecular weight excluding hydrogens is 176 g/mol. The Labute approximate surface area is 85.0 Å². The number of fused-ring (bicyclic) bond motifs is 2. The highest BCUT2D eigenvalue weighted by Gasteiger charge is 2.40. The van der Waals surface area contributed by atoms with Crippen LogP contribution in [0.25, 0.3) is 0 Å². The number of amides is 1. The maximum absolute atomic E-state index is 10.7. The third kappa shape index (κ3) is 1.81. The number of carbonyl (C=O) groups is 1. The molecule has 0 aromatic heterocycles. The second kappa shape index (κ2) is 3.71. The fourth-order valence-corrected chi connectivity index (χ4v) is 3.01. The van der Waals surface area contributed by atoms with Crippen molar-refractivity contribution < 1.29 is 4.79 Å². The van der Waals surface area contributed by atoms with Crippen LogP contribution in [-0.2, 0) is 4.79 Å². The molecule has 0 aromatic rings. The van der Waals surface area contributed by atoms with E-state index in [0.29, 0.717) is 5.92 Å². The van der Waals surface area contributed by atoms with Crippen LogP contribution < -0.4 is 5.43 Å². The molecule has 2 aliphatic rings. The Morgan fingerprint density at radius 3 is 2.57 bits per heavy atom. The number of hydrogen-bond donors (Lipinski definition) is 1. The standard InChI is InChI=1S/C11H18N2O/c1-7(12-13-8(2)14)11-6-9-3-4-10(11)5-9/h9-11H,3-6H2,1-2H3,(H,13,14)/t9-,10-,11+/m0/s1. The van der Waals surface area contributed by atoms with Crippen molar-refractivity contribution in [2.75, 3.05) is 0 Å². The topological polar surface area (TPSA) is 41.5 Å². The van der Waals surface area contributed by atoms with E-state index in [1.54, 1.807) is 0 Å². The molecule has 3 nitrogen and oxygen atoms in total. The number of nitrogens with zero attached hydrogens (tertiary/aromatic N) is 1. The van der Waals surface area contributed by atoms with E-state index in [4.69, 9.17) is 0 Å². The van der Waals surface area contributed by atoms with Gasteiger partial charge in [0.2, 0.25) is 5.91 Å². The van der Waals surface area contributed by atoms with Gasteiger partial charge in [-0.15, -0.1) is 0 Å². The first-order valence-electron chi connectivity index (χ1n) is 5.47. The molecule has 2 rings (SSSR count). The Hall–Kier alpha value is -0.860. The summed E-state index contributed by atoms with van der Waals surface area (Å²) in [6.07, 6.45) is 5.45. The van der Waals surface area contributed by atoms with Crippen molar-refractivity contribution in [1.29, 1.82) is 0 Å². The van der Waals surface area contributed by atoms with Gasteiger partial charge in [-0.05, 0) is 38.0 Å². The number of carbonyl (C=O) groups excluding carboxylic acids is 1. The first-order chi connectivity index (χ1) is 6.66. The maximum Gasteiger partial charge on any atom is 0.236 e. The lowest BCUT2D eigenvalue weighted by atomic mass is 9.86. The third-order valence-electron chi connectivity index (χ3n) is 3.66. The molecular formula is C11H18N2O. The average molecular weight is 194 g/mol. The van der Waals surface area contributed by atoms with E-state index in [2.05, 4.69) is 10.5 Å². The highest BCUT2D eigenvalue weighted by Crippen LogP contribution is 2.48. The van der Waals surface area contributed by atoms with Crippen molar-refractivity contribution in [2.45, 2.75) is 39.5 Å². The molecule has 2 fully saturated rings. The minimum atomic E-state index is -0.0764. The van der Waals surface area contributed by atoms with E-state index < -0.39 is 0 Å². The van der Waals surface area contributed by atoms with Crippen LogP contribution >= 0.6 is 0 Å². The van der Waals surface area contributed by atoms with Gasteiger partial charge in [-0.1, -0.05) is 6.42 Å². The molecule has 3 heteroatoms. The zero-order valence-corrected chi connectivity index (χ0v) is 8.92. The molecule has 3 atom stereocenters. The van der Waals surface area contributed by atoms with Gasteiger partial charge in [0.25, 0.3) is 0 Å². The van der Waals surface area contributed by atoms with Crippen LogP contribution in [0, 0.1) is 17.8 Å². The van der Waals surface area contributed by atoms with Crippen molar-refractivity contribution in [3.05, 3.63) is 0 Å². The van der Waals surface area contributed by atoms with E-state index >= 15 is 0 Å². The van der Waals surface area contributed by atoms with Gasteiger partial charge in [0.05, 0.1) is 0 Å². The van der Waals surface area contributed by atoms with E-state index in [1.807, 2.05) is 6.92 Å². The van der Waals surface area contributed by atoms with Crippen LogP contribution in [0.2, 0.25) is 0 Å². The number of rotatable bonds is 2. The summed E-state index contributed by atoms with van der Waals surface area (Å²) in [6, 6.07) is 0. The average Bonchev–Trinajstić information content (AvgIpc) is 2.74. The number of nitrogens with one attached hydrogen (secondary N) is 1. The molecule has 0 saturated heterocycles. The molecule has 0 heterocycles. The molecule has 0 unspecified atom stereocenters. The highest BCUT2D eigenvalue weighted by atomic mass is 16.2. The van der Waals surface area contributed by atoms with Crippen molar-refractivity contribution in [1.82, 2.24) is 5.43 Å². The van der Waals surface area contributed by atoms with Crippen molar-refractivity contribution in [2.24, 2.45) is 22.9 Å². The molecule has 14 heavy (non-hydrogen) atoms. The number of hydrazone groups is 1. The van der Waals surface area contributed by atoms with E-state index in [-0.39, 0.29) is 5.91 Å². The molecule has 2 aliphatic carbocycles. The lowest BCUT2D eigenvalue weighted by Gasteiger charge is -2.20.